The Hall–Kier alpha value is -2.04. The van der Waals surface area contributed by atoms with Gasteiger partial charge in [-0.3, -0.25) is 0 Å². The SMILES string of the molecule is O=C(NCC1CCCCC1)N[C@H](C(=O)O)c1ccccc1. The van der Waals surface area contributed by atoms with Crippen molar-refractivity contribution >= 4 is 12.0 Å². The number of hydrogen-bond acceptors (Lipinski definition) is 2. The van der Waals surface area contributed by atoms with Gasteiger partial charge < -0.3 is 15.7 Å². The zero-order chi connectivity index (χ0) is 15.1. The quantitative estimate of drug-likeness (QED) is 0.780. The zero-order valence-electron chi connectivity index (χ0n) is 12.0. The summed E-state index contributed by atoms with van der Waals surface area (Å²) in [5.74, 6) is -0.543. The van der Waals surface area contributed by atoms with Crippen molar-refractivity contribution in [1.29, 1.82) is 0 Å². The van der Waals surface area contributed by atoms with Crippen LogP contribution in [-0.2, 0) is 4.79 Å². The van der Waals surface area contributed by atoms with Crippen LogP contribution in [0.25, 0.3) is 0 Å². The number of rotatable bonds is 5. The minimum absolute atomic E-state index is 0.420. The molecule has 1 aliphatic rings. The van der Waals surface area contributed by atoms with E-state index in [0.717, 1.165) is 12.8 Å². The lowest BCUT2D eigenvalue weighted by Gasteiger charge is -2.22. The van der Waals surface area contributed by atoms with Crippen LogP contribution in [0.5, 0.6) is 0 Å². The van der Waals surface area contributed by atoms with Gasteiger partial charge in [0.1, 0.15) is 0 Å². The number of benzene rings is 1. The molecule has 0 saturated heterocycles. The van der Waals surface area contributed by atoms with Gasteiger partial charge in [0.25, 0.3) is 0 Å². The van der Waals surface area contributed by atoms with Crippen LogP contribution in [0.4, 0.5) is 4.79 Å². The van der Waals surface area contributed by atoms with E-state index in [0.29, 0.717) is 18.0 Å². The molecule has 0 heterocycles. The molecule has 0 bridgehead atoms. The minimum Gasteiger partial charge on any atom is -0.479 e. The molecule has 1 saturated carbocycles. The van der Waals surface area contributed by atoms with Crippen molar-refractivity contribution in [2.24, 2.45) is 5.92 Å². The molecule has 114 valence electrons. The molecule has 21 heavy (non-hydrogen) atoms. The molecule has 1 aliphatic carbocycles. The van der Waals surface area contributed by atoms with Crippen molar-refractivity contribution < 1.29 is 14.7 Å². The summed E-state index contributed by atoms with van der Waals surface area (Å²) >= 11 is 0. The first-order valence-corrected chi connectivity index (χ1v) is 7.49. The molecular weight excluding hydrogens is 268 g/mol. The van der Waals surface area contributed by atoms with Crippen LogP contribution in [0.2, 0.25) is 0 Å². The fourth-order valence-electron chi connectivity index (χ4n) is 2.74. The van der Waals surface area contributed by atoms with Gasteiger partial charge in [-0.2, -0.15) is 0 Å². The van der Waals surface area contributed by atoms with E-state index in [2.05, 4.69) is 10.6 Å². The van der Waals surface area contributed by atoms with Gasteiger partial charge in [0.2, 0.25) is 0 Å². The van der Waals surface area contributed by atoms with Crippen LogP contribution in [-0.4, -0.2) is 23.7 Å². The van der Waals surface area contributed by atoms with Crippen molar-refractivity contribution in [3.05, 3.63) is 35.9 Å². The Morgan fingerprint density at radius 3 is 2.43 bits per heavy atom. The lowest BCUT2D eigenvalue weighted by atomic mass is 9.89. The molecule has 5 nitrogen and oxygen atoms in total. The standard InChI is InChI=1S/C16H22N2O3/c19-15(20)14(13-9-5-2-6-10-13)18-16(21)17-11-12-7-3-1-4-8-12/h2,5-6,9-10,12,14H,1,3-4,7-8,11H2,(H,19,20)(H2,17,18,21)/t14-/m0/s1. The Morgan fingerprint density at radius 2 is 1.81 bits per heavy atom. The first kappa shape index (κ1) is 15.4. The normalized spacial score (nSPS) is 17.0. The highest BCUT2D eigenvalue weighted by Gasteiger charge is 2.22. The molecule has 1 atom stereocenters. The monoisotopic (exact) mass is 290 g/mol. The van der Waals surface area contributed by atoms with Gasteiger partial charge in [-0.05, 0) is 24.3 Å². The largest absolute Gasteiger partial charge is 0.479 e. The van der Waals surface area contributed by atoms with Gasteiger partial charge in [-0.15, -0.1) is 0 Å². The fraction of sp³-hybridized carbons (Fsp3) is 0.500. The molecule has 0 spiro atoms. The third kappa shape index (κ3) is 4.77. The van der Waals surface area contributed by atoms with E-state index in [1.54, 1.807) is 24.3 Å². The molecule has 3 N–H and O–H groups in total. The molecule has 1 aromatic rings. The summed E-state index contributed by atoms with van der Waals surface area (Å²) < 4.78 is 0. The smallest absolute Gasteiger partial charge is 0.330 e. The Morgan fingerprint density at radius 1 is 1.14 bits per heavy atom. The van der Waals surface area contributed by atoms with Crippen LogP contribution >= 0.6 is 0 Å². The van der Waals surface area contributed by atoms with Crippen molar-refractivity contribution in [2.75, 3.05) is 6.54 Å². The van der Waals surface area contributed by atoms with Gasteiger partial charge in [-0.1, -0.05) is 49.6 Å². The van der Waals surface area contributed by atoms with E-state index in [4.69, 9.17) is 0 Å². The molecule has 2 rings (SSSR count). The van der Waals surface area contributed by atoms with E-state index in [9.17, 15) is 14.7 Å². The topological polar surface area (TPSA) is 78.4 Å². The number of carbonyl (C=O) groups excluding carboxylic acids is 1. The van der Waals surface area contributed by atoms with Gasteiger partial charge in [0.05, 0.1) is 0 Å². The summed E-state index contributed by atoms with van der Waals surface area (Å²) in [6, 6.07) is 7.28. The second-order valence-corrected chi connectivity index (χ2v) is 5.54. The molecule has 5 heteroatoms. The van der Waals surface area contributed by atoms with Gasteiger partial charge in [0, 0.05) is 6.54 Å². The Kier molecular flexibility index (Phi) is 5.60. The fourth-order valence-corrected chi connectivity index (χ4v) is 2.74. The average molecular weight is 290 g/mol. The molecule has 0 aromatic heterocycles. The lowest BCUT2D eigenvalue weighted by molar-refractivity contribution is -0.139. The number of urea groups is 1. The van der Waals surface area contributed by atoms with Crippen molar-refractivity contribution in [3.63, 3.8) is 0 Å². The molecule has 1 aromatic carbocycles. The second-order valence-electron chi connectivity index (χ2n) is 5.54. The van der Waals surface area contributed by atoms with E-state index in [1.807, 2.05) is 6.07 Å². The number of aliphatic carboxylic acids is 1. The number of nitrogens with one attached hydrogen (secondary N) is 2. The number of hydrogen-bond donors (Lipinski definition) is 3. The summed E-state index contributed by atoms with van der Waals surface area (Å²) in [6.45, 7) is 0.618. The molecule has 1 fully saturated rings. The highest BCUT2D eigenvalue weighted by molar-refractivity contribution is 5.83. The van der Waals surface area contributed by atoms with Crippen LogP contribution < -0.4 is 10.6 Å². The maximum Gasteiger partial charge on any atom is 0.330 e. The summed E-state index contributed by atoms with van der Waals surface area (Å²) in [5, 5.41) is 14.6. The van der Waals surface area contributed by atoms with Gasteiger partial charge in [-0.25, -0.2) is 9.59 Å². The molecular formula is C16H22N2O3. The van der Waals surface area contributed by atoms with Crippen molar-refractivity contribution in [1.82, 2.24) is 10.6 Å². The highest BCUT2D eigenvalue weighted by Crippen LogP contribution is 2.22. The number of carboxylic acids is 1. The predicted octanol–water partition coefficient (Wildman–Crippen LogP) is 2.69. The molecule has 0 radical (unpaired) electrons. The van der Waals surface area contributed by atoms with Crippen LogP contribution in [0.3, 0.4) is 0 Å². The number of amides is 2. The molecule has 2 amide bonds. The van der Waals surface area contributed by atoms with E-state index in [1.165, 1.54) is 19.3 Å². The summed E-state index contributed by atoms with van der Waals surface area (Å²) in [4.78, 5) is 23.2. The van der Waals surface area contributed by atoms with Crippen LogP contribution in [0, 0.1) is 5.92 Å². The van der Waals surface area contributed by atoms with E-state index >= 15 is 0 Å². The summed E-state index contributed by atoms with van der Waals surface area (Å²) in [6.07, 6.45) is 5.99. The number of carboxylic acid groups (broad SMARTS) is 1. The average Bonchev–Trinajstić information content (AvgIpc) is 2.52. The van der Waals surface area contributed by atoms with Crippen molar-refractivity contribution in [3.8, 4) is 0 Å². The third-order valence-corrected chi connectivity index (χ3v) is 3.93. The number of carbonyl (C=O) groups is 2. The zero-order valence-corrected chi connectivity index (χ0v) is 12.0. The lowest BCUT2D eigenvalue weighted by Crippen LogP contribution is -2.42. The molecule has 0 aliphatic heterocycles. The second kappa shape index (κ2) is 7.67. The highest BCUT2D eigenvalue weighted by atomic mass is 16.4. The van der Waals surface area contributed by atoms with Gasteiger partial charge in [0.15, 0.2) is 6.04 Å². The Balaban J connectivity index is 1.85. The molecule has 0 unspecified atom stereocenters. The minimum atomic E-state index is -1.06. The Bertz CT molecular complexity index is 470. The van der Waals surface area contributed by atoms with E-state index < -0.39 is 18.0 Å². The van der Waals surface area contributed by atoms with Crippen LogP contribution in [0.15, 0.2) is 30.3 Å². The van der Waals surface area contributed by atoms with Crippen molar-refractivity contribution in [2.45, 2.75) is 38.1 Å². The predicted molar refractivity (Wildman–Crippen MR) is 79.9 cm³/mol. The maximum absolute atomic E-state index is 11.9. The first-order valence-electron chi connectivity index (χ1n) is 7.49. The summed E-state index contributed by atoms with van der Waals surface area (Å²) in [5.41, 5.74) is 0.567. The van der Waals surface area contributed by atoms with E-state index in [-0.39, 0.29) is 0 Å². The third-order valence-electron chi connectivity index (χ3n) is 3.93. The Labute approximate surface area is 124 Å². The maximum atomic E-state index is 11.9. The first-order chi connectivity index (χ1) is 10.2. The summed E-state index contributed by atoms with van der Waals surface area (Å²) in [7, 11) is 0. The van der Waals surface area contributed by atoms with Crippen LogP contribution in [0.1, 0.15) is 43.7 Å². The van der Waals surface area contributed by atoms with Gasteiger partial charge >= 0.3 is 12.0 Å².